The molecule has 82 valence electrons. The topological polar surface area (TPSA) is 42.1 Å². The van der Waals surface area contributed by atoms with Crippen molar-refractivity contribution >= 4 is 5.69 Å². The normalized spacial score (nSPS) is 17.5. The molecule has 0 radical (unpaired) electrons. The van der Waals surface area contributed by atoms with Crippen LogP contribution in [0.2, 0.25) is 0 Å². The second-order valence-electron chi connectivity index (χ2n) is 4.11. The molecule has 1 fully saturated rings. The van der Waals surface area contributed by atoms with E-state index in [1.165, 1.54) is 44.5 Å². The van der Waals surface area contributed by atoms with Gasteiger partial charge in [-0.05, 0) is 25.0 Å². The molecule has 1 aliphatic heterocycles. The van der Waals surface area contributed by atoms with Crippen LogP contribution in [-0.2, 0) is 6.54 Å². The second-order valence-corrected chi connectivity index (χ2v) is 4.11. The maximum absolute atomic E-state index is 5.53. The van der Waals surface area contributed by atoms with Gasteiger partial charge in [-0.1, -0.05) is 12.8 Å². The Labute approximate surface area is 91.3 Å². The van der Waals surface area contributed by atoms with Crippen LogP contribution in [0.4, 0.5) is 5.69 Å². The van der Waals surface area contributed by atoms with Gasteiger partial charge in [-0.2, -0.15) is 0 Å². The van der Waals surface area contributed by atoms with Gasteiger partial charge in [0.2, 0.25) is 0 Å². The Balaban J connectivity index is 2.06. The van der Waals surface area contributed by atoms with Gasteiger partial charge in [0, 0.05) is 19.6 Å². The molecule has 1 aromatic heterocycles. The van der Waals surface area contributed by atoms with E-state index in [1.807, 2.05) is 12.3 Å². The van der Waals surface area contributed by atoms with E-state index in [1.54, 1.807) is 0 Å². The zero-order valence-corrected chi connectivity index (χ0v) is 9.15. The Morgan fingerprint density at radius 2 is 1.87 bits per heavy atom. The molecule has 0 saturated carbocycles. The Morgan fingerprint density at radius 3 is 2.40 bits per heavy atom. The molecule has 1 aromatic rings. The first kappa shape index (κ1) is 10.4. The molecule has 2 heterocycles. The number of nitrogens with zero attached hydrogens (tertiary/aromatic N) is 2. The fourth-order valence-electron chi connectivity index (χ4n) is 2.05. The van der Waals surface area contributed by atoms with E-state index in [9.17, 15) is 0 Å². The smallest absolute Gasteiger partial charge is 0.0552 e. The number of rotatable bonds is 2. The van der Waals surface area contributed by atoms with E-state index in [0.29, 0.717) is 6.54 Å². The molecular weight excluding hydrogens is 186 g/mol. The van der Waals surface area contributed by atoms with Crippen LogP contribution in [0.3, 0.4) is 0 Å². The molecule has 1 saturated heterocycles. The van der Waals surface area contributed by atoms with Crippen LogP contribution in [0, 0.1) is 0 Å². The number of aromatic nitrogens is 1. The Morgan fingerprint density at radius 1 is 1.13 bits per heavy atom. The Bertz CT molecular complexity index is 286. The highest BCUT2D eigenvalue weighted by Gasteiger charge is 2.09. The molecular formula is C12H19N3. The van der Waals surface area contributed by atoms with Crippen molar-refractivity contribution in [1.82, 2.24) is 4.98 Å². The molecule has 0 aromatic carbocycles. The summed E-state index contributed by atoms with van der Waals surface area (Å²) >= 11 is 0. The highest BCUT2D eigenvalue weighted by atomic mass is 15.1. The highest BCUT2D eigenvalue weighted by molar-refractivity contribution is 5.44. The molecule has 0 bridgehead atoms. The second kappa shape index (κ2) is 5.12. The van der Waals surface area contributed by atoms with Crippen LogP contribution >= 0.6 is 0 Å². The van der Waals surface area contributed by atoms with Crippen LogP contribution in [-0.4, -0.2) is 18.1 Å². The van der Waals surface area contributed by atoms with Crippen molar-refractivity contribution in [3.8, 4) is 0 Å². The van der Waals surface area contributed by atoms with Gasteiger partial charge in [-0.25, -0.2) is 0 Å². The minimum absolute atomic E-state index is 0.528. The van der Waals surface area contributed by atoms with Gasteiger partial charge in [0.15, 0.2) is 0 Å². The van der Waals surface area contributed by atoms with E-state index >= 15 is 0 Å². The van der Waals surface area contributed by atoms with Crippen molar-refractivity contribution in [2.45, 2.75) is 32.2 Å². The molecule has 2 rings (SSSR count). The van der Waals surface area contributed by atoms with E-state index < -0.39 is 0 Å². The van der Waals surface area contributed by atoms with E-state index in [4.69, 9.17) is 5.73 Å². The van der Waals surface area contributed by atoms with Crippen molar-refractivity contribution in [2.75, 3.05) is 18.0 Å². The van der Waals surface area contributed by atoms with Crippen LogP contribution in [0.5, 0.6) is 0 Å². The molecule has 0 atom stereocenters. The number of nitrogens with two attached hydrogens (primary N) is 1. The predicted molar refractivity (Wildman–Crippen MR) is 62.8 cm³/mol. The summed E-state index contributed by atoms with van der Waals surface area (Å²) in [5.74, 6) is 0. The molecule has 1 aliphatic rings. The monoisotopic (exact) mass is 205 g/mol. The lowest BCUT2D eigenvalue weighted by Crippen LogP contribution is -2.24. The predicted octanol–water partition coefficient (Wildman–Crippen LogP) is 1.92. The van der Waals surface area contributed by atoms with E-state index in [0.717, 1.165) is 5.69 Å². The molecule has 0 aliphatic carbocycles. The molecule has 3 heteroatoms. The van der Waals surface area contributed by atoms with Gasteiger partial charge in [-0.15, -0.1) is 0 Å². The lowest BCUT2D eigenvalue weighted by Gasteiger charge is -2.22. The SMILES string of the molecule is NCc1ccc(N2CCCCCC2)cn1. The van der Waals surface area contributed by atoms with Gasteiger partial charge in [-0.3, -0.25) is 4.98 Å². The highest BCUT2D eigenvalue weighted by Crippen LogP contribution is 2.18. The van der Waals surface area contributed by atoms with Crippen LogP contribution in [0.15, 0.2) is 18.3 Å². The lowest BCUT2D eigenvalue weighted by atomic mass is 10.2. The third-order valence-electron chi connectivity index (χ3n) is 2.99. The molecule has 0 unspecified atom stereocenters. The zero-order chi connectivity index (χ0) is 10.5. The number of hydrogen-bond acceptors (Lipinski definition) is 3. The van der Waals surface area contributed by atoms with Gasteiger partial charge in [0.1, 0.15) is 0 Å². The van der Waals surface area contributed by atoms with Gasteiger partial charge >= 0.3 is 0 Å². The summed E-state index contributed by atoms with van der Waals surface area (Å²) in [6.45, 7) is 2.87. The lowest BCUT2D eigenvalue weighted by molar-refractivity contribution is 0.726. The molecule has 15 heavy (non-hydrogen) atoms. The summed E-state index contributed by atoms with van der Waals surface area (Å²) in [6, 6.07) is 4.17. The minimum Gasteiger partial charge on any atom is -0.370 e. The Kier molecular flexibility index (Phi) is 3.56. The van der Waals surface area contributed by atoms with E-state index in [-0.39, 0.29) is 0 Å². The fourth-order valence-corrected chi connectivity index (χ4v) is 2.05. The first-order chi connectivity index (χ1) is 7.40. The molecule has 3 nitrogen and oxygen atoms in total. The Hall–Kier alpha value is -1.09. The van der Waals surface area contributed by atoms with Gasteiger partial charge < -0.3 is 10.6 Å². The maximum atomic E-state index is 5.53. The summed E-state index contributed by atoms with van der Waals surface area (Å²) in [7, 11) is 0. The van der Waals surface area contributed by atoms with Gasteiger partial charge in [0.25, 0.3) is 0 Å². The third kappa shape index (κ3) is 2.69. The van der Waals surface area contributed by atoms with Crippen LogP contribution in [0.25, 0.3) is 0 Å². The van der Waals surface area contributed by atoms with Crippen molar-refractivity contribution < 1.29 is 0 Å². The van der Waals surface area contributed by atoms with Crippen LogP contribution < -0.4 is 10.6 Å². The summed E-state index contributed by atoms with van der Waals surface area (Å²) < 4.78 is 0. The van der Waals surface area contributed by atoms with Gasteiger partial charge in [0.05, 0.1) is 17.6 Å². The number of hydrogen-bond donors (Lipinski definition) is 1. The maximum Gasteiger partial charge on any atom is 0.0552 e. The summed E-state index contributed by atoms with van der Waals surface area (Å²) in [5, 5.41) is 0. The average molecular weight is 205 g/mol. The summed E-state index contributed by atoms with van der Waals surface area (Å²) in [6.07, 6.45) is 7.29. The first-order valence-electron chi connectivity index (χ1n) is 5.80. The fraction of sp³-hybridized carbons (Fsp3) is 0.583. The van der Waals surface area contributed by atoms with Crippen molar-refractivity contribution in [1.29, 1.82) is 0 Å². The average Bonchev–Trinajstić information content (AvgIpc) is 2.58. The zero-order valence-electron chi connectivity index (χ0n) is 9.15. The first-order valence-corrected chi connectivity index (χ1v) is 5.80. The van der Waals surface area contributed by atoms with Crippen molar-refractivity contribution in [3.63, 3.8) is 0 Å². The summed E-state index contributed by atoms with van der Waals surface area (Å²) in [5.41, 5.74) is 7.74. The quantitative estimate of drug-likeness (QED) is 0.802. The summed E-state index contributed by atoms with van der Waals surface area (Å²) in [4.78, 5) is 6.77. The molecule has 0 amide bonds. The van der Waals surface area contributed by atoms with Crippen LogP contribution in [0.1, 0.15) is 31.4 Å². The van der Waals surface area contributed by atoms with Crippen molar-refractivity contribution in [2.24, 2.45) is 5.73 Å². The minimum atomic E-state index is 0.528. The molecule has 2 N–H and O–H groups in total. The van der Waals surface area contributed by atoms with Crippen molar-refractivity contribution in [3.05, 3.63) is 24.0 Å². The third-order valence-corrected chi connectivity index (χ3v) is 2.99. The number of pyridine rings is 1. The van der Waals surface area contributed by atoms with E-state index in [2.05, 4.69) is 16.0 Å². The number of anilines is 1. The standard InChI is InChI=1S/C12H19N3/c13-9-11-5-6-12(10-14-11)15-7-3-1-2-4-8-15/h5-6,10H,1-4,7-9,13H2. The molecule has 0 spiro atoms. The largest absolute Gasteiger partial charge is 0.370 e.